The lowest BCUT2D eigenvalue weighted by Crippen LogP contribution is -2.69. The van der Waals surface area contributed by atoms with Crippen molar-refractivity contribution in [3.63, 3.8) is 0 Å². The van der Waals surface area contributed by atoms with Gasteiger partial charge in [-0.3, -0.25) is 0 Å². The second kappa shape index (κ2) is 26.0. The lowest BCUT2D eigenvalue weighted by atomic mass is 9.94. The van der Waals surface area contributed by atoms with Gasteiger partial charge in [-0.2, -0.15) is 0 Å². The Morgan fingerprint density at radius 1 is 0.195 bits per heavy atom. The van der Waals surface area contributed by atoms with E-state index in [1.165, 1.54) is 0 Å². The Morgan fingerprint density at radius 2 is 0.338 bits per heavy atom. The fourth-order valence-corrected chi connectivity index (χ4v) is 10.5. The summed E-state index contributed by atoms with van der Waals surface area (Å²) in [5.41, 5.74) is 6.35. The first-order chi connectivity index (χ1) is 36.7. The molecule has 0 aromatic carbocycles. The predicted molar refractivity (Wildman–Crippen MR) is 230 cm³/mol. The van der Waals surface area contributed by atoms with Crippen LogP contribution in [-0.4, -0.2) is 363 Å². The summed E-state index contributed by atoms with van der Waals surface area (Å²) in [6, 6.07) is -1.67. The standard InChI is InChI=1S/C42H71NO34/c43-15-16(51)36-64-8(1-44)29(15)71-37-23(58)17(52)31(10(3-46)65-37)73-39-25(60)19(54)33(12(5-48)67-39)75-41-27(62)21(56)35(14(7-50)69-41)77-42-28(63)22(57)34(13(6-49)70-42)76-40-26(61)20(55)32(11(4-47)68-40)74-38-24(59)18(53)30(72-36)9(2-45)66-38/h8-42,44-63H,1-7,43H2/t8-,9-,10-,11-,12-,13-,14-,15-,16-,17-,18-,19-,20-,21-,22-,23-,24-,25-,26-,27-,28-,29-,30-,31-,32-,33-,34-,35-,36-,37-,38-,39-,40-,41-,42-/m1/s1. The quantitative estimate of drug-likeness (QED) is 0.113. The van der Waals surface area contributed by atoms with Crippen molar-refractivity contribution in [3.05, 3.63) is 0 Å². The Balaban J connectivity index is 1.08. The van der Waals surface area contributed by atoms with Crippen LogP contribution in [0.25, 0.3) is 0 Å². The van der Waals surface area contributed by atoms with Crippen molar-refractivity contribution in [2.24, 2.45) is 5.73 Å². The number of hydrogen-bond acceptors (Lipinski definition) is 35. The molecule has 0 spiro atoms. The molecule has 0 aromatic rings. The third-order valence-electron chi connectivity index (χ3n) is 14.9. The molecule has 35 heteroatoms. The predicted octanol–water partition coefficient (Wildman–Crippen LogP) is -15.3. The third kappa shape index (κ3) is 12.1. The molecule has 21 fully saturated rings. The Bertz CT molecular complexity index is 1470. The van der Waals surface area contributed by atoms with Crippen LogP contribution in [0.4, 0.5) is 0 Å². The molecular formula is C42H71NO34. The summed E-state index contributed by atoms with van der Waals surface area (Å²) < 4.78 is 79.9. The molecule has 21 aliphatic heterocycles. The van der Waals surface area contributed by atoms with Crippen LogP contribution in [-0.2, 0) is 66.3 Å². The molecule has 21 saturated heterocycles. The average Bonchev–Trinajstić information content (AvgIpc) is 3.45. The van der Waals surface area contributed by atoms with Crippen LogP contribution in [0.3, 0.4) is 0 Å². The lowest BCUT2D eigenvalue weighted by Gasteiger charge is -2.50. The molecule has 0 amide bonds. The lowest BCUT2D eigenvalue weighted by molar-refractivity contribution is -0.396. The molecule has 0 unspecified atom stereocenters. The Hall–Kier alpha value is -1.40. The Morgan fingerprint density at radius 3 is 0.506 bits per heavy atom. The van der Waals surface area contributed by atoms with E-state index in [1.54, 1.807) is 0 Å². The van der Waals surface area contributed by atoms with E-state index in [0.717, 1.165) is 0 Å². The largest absolute Gasteiger partial charge is 0.394 e. The third-order valence-corrected chi connectivity index (χ3v) is 14.9. The van der Waals surface area contributed by atoms with Crippen molar-refractivity contribution in [2.45, 2.75) is 215 Å². The number of rotatable bonds is 7. The zero-order chi connectivity index (χ0) is 56.1. The van der Waals surface area contributed by atoms with E-state index >= 15 is 0 Å². The zero-order valence-corrected chi connectivity index (χ0v) is 40.4. The molecule has 0 saturated carbocycles. The summed E-state index contributed by atoms with van der Waals surface area (Å²) in [6.45, 7) is -7.15. The highest BCUT2D eigenvalue weighted by Crippen LogP contribution is 2.38. The topological polar surface area (TPSA) is 560 Å². The summed E-state index contributed by atoms with van der Waals surface area (Å²) >= 11 is 0. The van der Waals surface area contributed by atoms with Gasteiger partial charge in [0.05, 0.1) is 52.3 Å². The molecule has 77 heavy (non-hydrogen) atoms. The summed E-state index contributed by atoms with van der Waals surface area (Å²) in [6.07, 6.45) is -66.7. The molecule has 22 N–H and O–H groups in total. The van der Waals surface area contributed by atoms with Crippen LogP contribution in [0.15, 0.2) is 0 Å². The average molecular weight is 1130 g/mol. The highest BCUT2D eigenvalue weighted by molar-refractivity contribution is 5.02. The molecule has 14 bridgehead atoms. The van der Waals surface area contributed by atoms with E-state index in [-0.39, 0.29) is 0 Å². The minimum Gasteiger partial charge on any atom is -0.394 e. The highest BCUT2D eigenvalue weighted by Gasteiger charge is 2.59. The molecule has 448 valence electrons. The first-order valence-corrected chi connectivity index (χ1v) is 24.7. The fraction of sp³-hybridized carbons (Fsp3) is 1.00. The summed E-state index contributed by atoms with van der Waals surface area (Å²) in [7, 11) is 0. The van der Waals surface area contributed by atoms with E-state index < -0.39 is 261 Å². The maximum Gasteiger partial charge on any atom is 0.187 e. The van der Waals surface area contributed by atoms with Crippen molar-refractivity contribution in [2.75, 3.05) is 46.2 Å². The smallest absolute Gasteiger partial charge is 0.187 e. The van der Waals surface area contributed by atoms with Gasteiger partial charge in [-0.05, 0) is 0 Å². The molecule has 0 radical (unpaired) electrons. The van der Waals surface area contributed by atoms with Crippen molar-refractivity contribution < 1.29 is 168 Å². The number of ether oxygens (including phenoxy) is 14. The molecular weight excluding hydrogens is 1060 g/mol. The number of hydrogen-bond donors (Lipinski definition) is 21. The molecule has 35 atom stereocenters. The molecule has 21 rings (SSSR count). The van der Waals surface area contributed by atoms with Gasteiger partial charge < -0.3 is 174 Å². The molecule has 21 aliphatic rings. The van der Waals surface area contributed by atoms with E-state index in [9.17, 15) is 102 Å². The van der Waals surface area contributed by atoms with E-state index in [4.69, 9.17) is 72.0 Å². The summed E-state index contributed by atoms with van der Waals surface area (Å²) in [4.78, 5) is 0. The van der Waals surface area contributed by atoms with Gasteiger partial charge in [0.2, 0.25) is 0 Å². The van der Waals surface area contributed by atoms with Crippen LogP contribution in [0.5, 0.6) is 0 Å². The van der Waals surface area contributed by atoms with Crippen LogP contribution >= 0.6 is 0 Å². The molecule has 21 heterocycles. The molecule has 35 nitrogen and oxygen atoms in total. The minimum atomic E-state index is -2.20. The van der Waals surface area contributed by atoms with Crippen LogP contribution in [0.1, 0.15) is 0 Å². The van der Waals surface area contributed by atoms with Crippen molar-refractivity contribution in [1.82, 2.24) is 0 Å². The van der Waals surface area contributed by atoms with Gasteiger partial charge in [0, 0.05) is 0 Å². The van der Waals surface area contributed by atoms with E-state index in [1.807, 2.05) is 0 Å². The zero-order valence-electron chi connectivity index (χ0n) is 40.4. The SMILES string of the molecule is N[C@@H]1[C@@H](O)[C@H]2O[C@H]3[C@H](O)[C@@H](O)[C@@H](O[C@H]4[C@H](O)[C@@H](O)[C@@H](O[C@H]5[C@H](O)[C@@H](O)[C@@H](O[C@H]6[C@H](O)[C@@H](O)[C@@H](O[C@H]7[C@H](O)[C@@H](O)[C@@H](O[C@H]8[C@H](O)[C@@H](O)[C@@H](O[C@@H]1[C@@H](CO)O2)O[C@@H]8CO)O[C@@H]7CO)O[C@@H]6CO)O[C@@H]5CO)O[C@@H]4CO)O[C@@H]3CO. The van der Waals surface area contributed by atoms with E-state index in [2.05, 4.69) is 0 Å². The fourth-order valence-electron chi connectivity index (χ4n) is 10.5. The summed E-state index contributed by atoms with van der Waals surface area (Å²) in [5, 5.41) is 219. The maximum absolute atomic E-state index is 11.4. The van der Waals surface area contributed by atoms with Crippen LogP contribution in [0.2, 0.25) is 0 Å². The second-order valence-electron chi connectivity index (χ2n) is 19.7. The van der Waals surface area contributed by atoms with Crippen molar-refractivity contribution in [1.29, 1.82) is 0 Å². The Labute approximate surface area is 434 Å². The molecule has 0 aliphatic carbocycles. The Kier molecular flexibility index (Phi) is 20.8. The van der Waals surface area contributed by atoms with Gasteiger partial charge in [-0.25, -0.2) is 0 Å². The normalized spacial score (nSPS) is 55.4. The van der Waals surface area contributed by atoms with Crippen molar-refractivity contribution >= 4 is 0 Å². The van der Waals surface area contributed by atoms with Gasteiger partial charge in [0.1, 0.15) is 165 Å². The number of aliphatic hydroxyl groups is 20. The second-order valence-corrected chi connectivity index (χ2v) is 19.7. The van der Waals surface area contributed by atoms with Gasteiger partial charge in [-0.1, -0.05) is 0 Å². The van der Waals surface area contributed by atoms with Gasteiger partial charge in [-0.15, -0.1) is 0 Å². The van der Waals surface area contributed by atoms with Gasteiger partial charge in [0.15, 0.2) is 44.0 Å². The monoisotopic (exact) mass is 1130 g/mol. The van der Waals surface area contributed by atoms with Crippen LogP contribution < -0.4 is 5.73 Å². The first-order valence-electron chi connectivity index (χ1n) is 24.7. The van der Waals surface area contributed by atoms with E-state index in [0.29, 0.717) is 0 Å². The van der Waals surface area contributed by atoms with Gasteiger partial charge in [0.25, 0.3) is 0 Å². The number of aliphatic hydroxyl groups excluding tert-OH is 20. The van der Waals surface area contributed by atoms with Crippen molar-refractivity contribution in [3.8, 4) is 0 Å². The minimum absolute atomic E-state index is 0.967. The van der Waals surface area contributed by atoms with Gasteiger partial charge >= 0.3 is 0 Å². The summed E-state index contributed by atoms with van der Waals surface area (Å²) in [5.74, 6) is 0. The number of nitrogens with two attached hydrogens (primary N) is 1. The molecule has 0 aromatic heterocycles. The van der Waals surface area contributed by atoms with Crippen LogP contribution in [0, 0.1) is 0 Å². The maximum atomic E-state index is 11.4. The highest BCUT2D eigenvalue weighted by atomic mass is 16.8. The first kappa shape index (κ1) is 61.7.